The van der Waals surface area contributed by atoms with Gasteiger partial charge in [-0.05, 0) is 36.1 Å². The fourth-order valence-electron chi connectivity index (χ4n) is 3.53. The van der Waals surface area contributed by atoms with Gasteiger partial charge >= 0.3 is 0 Å². The Kier molecular flexibility index (Phi) is 6.33. The largest absolute Gasteiger partial charge is 0.272 e. The van der Waals surface area contributed by atoms with Crippen molar-refractivity contribution in [2.24, 2.45) is 5.10 Å². The van der Waals surface area contributed by atoms with Crippen LogP contribution in [0.25, 0.3) is 22.2 Å². The van der Waals surface area contributed by atoms with Crippen molar-refractivity contribution in [3.63, 3.8) is 0 Å². The normalized spacial score (nSPS) is 11.7. The first kappa shape index (κ1) is 21.7. The van der Waals surface area contributed by atoms with Gasteiger partial charge in [-0.25, -0.2) is 10.4 Å². The fraction of sp³-hybridized carbons (Fsp3) is 0.148. The summed E-state index contributed by atoms with van der Waals surface area (Å²) in [6, 6.07) is 25.2. The third kappa shape index (κ3) is 4.56. The number of rotatable bonds is 5. The molecule has 0 fully saturated rings. The van der Waals surface area contributed by atoms with E-state index >= 15 is 0 Å². The summed E-state index contributed by atoms with van der Waals surface area (Å²) in [5.74, 6) is 0.154. The second-order valence-electron chi connectivity index (χ2n) is 7.97. The highest BCUT2D eigenvalue weighted by Gasteiger charge is 2.15. The van der Waals surface area contributed by atoms with E-state index in [0.29, 0.717) is 33.1 Å². The monoisotopic (exact) mass is 441 g/mol. The molecular weight excluding hydrogens is 418 g/mol. The van der Waals surface area contributed by atoms with E-state index < -0.39 is 0 Å². The zero-order valence-corrected chi connectivity index (χ0v) is 19.0. The molecule has 3 aromatic carbocycles. The summed E-state index contributed by atoms with van der Waals surface area (Å²) in [6.45, 7) is 6.19. The first-order valence-corrected chi connectivity index (χ1v) is 10.9. The van der Waals surface area contributed by atoms with Gasteiger partial charge in [-0.2, -0.15) is 5.10 Å². The zero-order chi connectivity index (χ0) is 22.7. The maximum absolute atomic E-state index is 13.1. The molecule has 4 aromatic rings. The lowest BCUT2D eigenvalue weighted by atomic mass is 10.0. The number of fused-ring (bicyclic) bond motifs is 1. The Morgan fingerprint density at radius 2 is 1.69 bits per heavy atom. The van der Waals surface area contributed by atoms with Gasteiger partial charge < -0.3 is 0 Å². The fourth-order valence-corrected chi connectivity index (χ4v) is 3.74. The highest BCUT2D eigenvalue weighted by atomic mass is 35.5. The Labute approximate surface area is 193 Å². The molecule has 0 radical (unpaired) electrons. The number of nitrogens with one attached hydrogen (secondary N) is 1. The van der Waals surface area contributed by atoms with Crippen molar-refractivity contribution in [1.29, 1.82) is 0 Å². The van der Waals surface area contributed by atoms with Gasteiger partial charge in [-0.1, -0.05) is 92.2 Å². The second-order valence-corrected chi connectivity index (χ2v) is 8.38. The zero-order valence-electron chi connectivity index (χ0n) is 18.3. The summed E-state index contributed by atoms with van der Waals surface area (Å²) in [5, 5.41) is 5.52. The molecule has 0 aliphatic heterocycles. The number of halogens is 1. The van der Waals surface area contributed by atoms with Crippen LogP contribution < -0.4 is 5.43 Å². The van der Waals surface area contributed by atoms with Crippen molar-refractivity contribution >= 4 is 34.1 Å². The van der Waals surface area contributed by atoms with Gasteiger partial charge in [-0.15, -0.1) is 0 Å². The van der Waals surface area contributed by atoms with E-state index in [-0.39, 0.29) is 5.91 Å². The van der Waals surface area contributed by atoms with Gasteiger partial charge in [0.05, 0.1) is 27.5 Å². The lowest BCUT2D eigenvalue weighted by molar-refractivity contribution is 0.0956. The van der Waals surface area contributed by atoms with E-state index in [4.69, 9.17) is 16.6 Å². The number of aromatic nitrogens is 1. The van der Waals surface area contributed by atoms with Gasteiger partial charge in [0.2, 0.25) is 0 Å². The lowest BCUT2D eigenvalue weighted by Crippen LogP contribution is -2.20. The highest BCUT2D eigenvalue weighted by molar-refractivity contribution is 6.35. The van der Waals surface area contributed by atoms with Gasteiger partial charge in [-0.3, -0.25) is 4.79 Å². The number of amides is 1. The van der Waals surface area contributed by atoms with Crippen molar-refractivity contribution in [1.82, 2.24) is 10.4 Å². The number of benzene rings is 3. The first-order chi connectivity index (χ1) is 15.4. The number of para-hydroxylation sites is 1. The van der Waals surface area contributed by atoms with Crippen LogP contribution in [0.2, 0.25) is 5.02 Å². The topological polar surface area (TPSA) is 54.4 Å². The number of nitrogens with zero attached hydrogens (tertiary/aromatic N) is 2. The van der Waals surface area contributed by atoms with Crippen LogP contribution in [0.5, 0.6) is 0 Å². The number of hydrazone groups is 1. The van der Waals surface area contributed by atoms with E-state index in [1.807, 2.05) is 61.5 Å². The quantitative estimate of drug-likeness (QED) is 0.272. The Morgan fingerprint density at radius 3 is 2.38 bits per heavy atom. The van der Waals surface area contributed by atoms with Crippen LogP contribution in [0.3, 0.4) is 0 Å². The Morgan fingerprint density at radius 1 is 0.969 bits per heavy atom. The predicted octanol–water partition coefficient (Wildman–Crippen LogP) is 6.83. The molecular formula is C27H24ClN3O. The van der Waals surface area contributed by atoms with E-state index in [0.717, 1.165) is 16.8 Å². The van der Waals surface area contributed by atoms with Crippen LogP contribution in [0, 0.1) is 0 Å². The summed E-state index contributed by atoms with van der Waals surface area (Å²) in [5.41, 5.74) is 8.31. The summed E-state index contributed by atoms with van der Waals surface area (Å²) < 4.78 is 0. The molecule has 0 spiro atoms. The number of hydrogen-bond acceptors (Lipinski definition) is 3. The molecule has 1 aromatic heterocycles. The minimum Gasteiger partial charge on any atom is -0.267 e. The van der Waals surface area contributed by atoms with Gasteiger partial charge in [0, 0.05) is 10.9 Å². The molecule has 0 unspecified atom stereocenters. The summed E-state index contributed by atoms with van der Waals surface area (Å²) in [4.78, 5) is 17.8. The van der Waals surface area contributed by atoms with Crippen LogP contribution in [-0.2, 0) is 0 Å². The molecule has 1 N–H and O–H groups in total. The van der Waals surface area contributed by atoms with E-state index in [9.17, 15) is 4.79 Å². The number of pyridine rings is 1. The van der Waals surface area contributed by atoms with Crippen molar-refractivity contribution < 1.29 is 4.79 Å². The van der Waals surface area contributed by atoms with E-state index in [1.54, 1.807) is 12.1 Å². The molecule has 32 heavy (non-hydrogen) atoms. The van der Waals surface area contributed by atoms with Crippen LogP contribution in [0.15, 0.2) is 84.0 Å². The molecule has 5 heteroatoms. The summed E-state index contributed by atoms with van der Waals surface area (Å²) in [6.07, 6.45) is 0. The molecule has 1 amide bonds. The van der Waals surface area contributed by atoms with Crippen LogP contribution in [0.1, 0.15) is 48.2 Å². The Balaban J connectivity index is 1.68. The van der Waals surface area contributed by atoms with Crippen molar-refractivity contribution in [2.75, 3.05) is 0 Å². The van der Waals surface area contributed by atoms with Crippen LogP contribution >= 0.6 is 11.6 Å². The maximum Gasteiger partial charge on any atom is 0.272 e. The van der Waals surface area contributed by atoms with Crippen molar-refractivity contribution in [3.05, 3.63) is 101 Å². The summed E-state index contributed by atoms with van der Waals surface area (Å²) >= 11 is 6.41. The maximum atomic E-state index is 13.1. The van der Waals surface area contributed by atoms with Crippen molar-refractivity contribution in [2.45, 2.75) is 26.7 Å². The average molecular weight is 442 g/mol. The minimum absolute atomic E-state index is 0.310. The second kappa shape index (κ2) is 9.33. The lowest BCUT2D eigenvalue weighted by Gasteiger charge is -2.11. The standard InChI is InChI=1S/C27H24ClN3O/c1-17(2)19-12-14-20(15-13-19)18(3)30-31-27(32)23-16-25(21-8-5-4-6-9-21)29-26-22(23)10-7-11-24(26)28/h4-17H,1-3H3,(H,31,32)/b30-18+. The number of carbonyl (C=O) groups is 1. The highest BCUT2D eigenvalue weighted by Crippen LogP contribution is 2.29. The molecule has 0 bridgehead atoms. The Hall–Kier alpha value is -3.50. The molecule has 0 atom stereocenters. The number of hydrogen-bond donors (Lipinski definition) is 1. The molecule has 0 aliphatic rings. The molecule has 0 saturated heterocycles. The molecule has 1 heterocycles. The molecule has 0 saturated carbocycles. The average Bonchev–Trinajstić information content (AvgIpc) is 2.82. The first-order valence-electron chi connectivity index (χ1n) is 10.5. The van der Waals surface area contributed by atoms with Gasteiger partial charge in [0.1, 0.15) is 0 Å². The SMILES string of the molecule is C/C(=N\NC(=O)c1cc(-c2ccccc2)nc2c(Cl)cccc12)c1ccc(C(C)C)cc1. The van der Waals surface area contributed by atoms with Crippen molar-refractivity contribution in [3.8, 4) is 11.3 Å². The third-order valence-corrected chi connectivity index (χ3v) is 5.73. The smallest absolute Gasteiger partial charge is 0.267 e. The van der Waals surface area contributed by atoms with Crippen LogP contribution in [0.4, 0.5) is 0 Å². The van der Waals surface area contributed by atoms with Gasteiger partial charge in [0.15, 0.2) is 0 Å². The molecule has 4 nitrogen and oxygen atoms in total. The molecule has 4 rings (SSSR count). The number of carbonyl (C=O) groups excluding carboxylic acids is 1. The molecule has 160 valence electrons. The minimum atomic E-state index is -0.310. The van der Waals surface area contributed by atoms with Gasteiger partial charge in [0.25, 0.3) is 5.91 Å². The van der Waals surface area contributed by atoms with Crippen LogP contribution in [-0.4, -0.2) is 16.6 Å². The van der Waals surface area contributed by atoms with E-state index in [1.165, 1.54) is 5.56 Å². The predicted molar refractivity (Wildman–Crippen MR) is 132 cm³/mol. The summed E-state index contributed by atoms with van der Waals surface area (Å²) in [7, 11) is 0. The van der Waals surface area contributed by atoms with E-state index in [2.05, 4.69) is 36.5 Å². The molecule has 0 aliphatic carbocycles. The third-order valence-electron chi connectivity index (χ3n) is 5.42. The Bertz CT molecular complexity index is 1300.